The molecule has 1 aromatic rings. The van der Waals surface area contributed by atoms with E-state index in [2.05, 4.69) is 11.9 Å². The van der Waals surface area contributed by atoms with Crippen molar-refractivity contribution >= 4 is 27.6 Å². The van der Waals surface area contributed by atoms with Crippen LogP contribution in [-0.2, 0) is 19.6 Å². The number of nitrogens with zero attached hydrogens (tertiary/aromatic N) is 1. The zero-order chi connectivity index (χ0) is 16.3. The Hall–Kier alpha value is -2.39. The van der Waals surface area contributed by atoms with E-state index in [9.17, 15) is 18.0 Å². The molecule has 0 saturated carbocycles. The number of aliphatic carboxylic acids is 1. The van der Waals surface area contributed by atoms with Crippen molar-refractivity contribution in [2.24, 2.45) is 0 Å². The lowest BCUT2D eigenvalue weighted by molar-refractivity contribution is -0.137. The summed E-state index contributed by atoms with van der Waals surface area (Å²) < 4.78 is 30.9. The summed E-state index contributed by atoms with van der Waals surface area (Å²) in [6.45, 7) is 2.45. The highest BCUT2D eigenvalue weighted by molar-refractivity contribution is 7.89. The van der Waals surface area contributed by atoms with Crippen molar-refractivity contribution in [1.29, 1.82) is 0 Å². The number of hydrogen-bond acceptors (Lipinski definition) is 5. The first-order valence-corrected chi connectivity index (χ1v) is 7.68. The van der Waals surface area contributed by atoms with E-state index in [-0.39, 0.29) is 23.7 Å². The number of rotatable bonds is 6. The third-order valence-corrected chi connectivity index (χ3v) is 4.67. The summed E-state index contributed by atoms with van der Waals surface area (Å²) in [4.78, 5) is 22.0. The number of carboxylic acid groups (broad SMARTS) is 1. The second-order valence-corrected chi connectivity index (χ2v) is 6.41. The second-order valence-electron chi connectivity index (χ2n) is 4.47. The summed E-state index contributed by atoms with van der Waals surface area (Å²) in [5.74, 6) is -1.32. The molecule has 1 aromatic carbocycles. The number of carbonyl (C=O) groups excluding carboxylic acids is 1. The average molecular weight is 326 g/mol. The minimum atomic E-state index is -4.03. The van der Waals surface area contributed by atoms with Crippen LogP contribution in [0, 0.1) is 0 Å². The SMILES string of the molecule is C=CCN(CC(=O)O)S(=O)(=O)c1ccc2c(c1)NC(=O)CO2. The van der Waals surface area contributed by atoms with Crippen molar-refractivity contribution in [3.05, 3.63) is 30.9 Å². The zero-order valence-corrected chi connectivity index (χ0v) is 12.3. The molecule has 0 saturated heterocycles. The van der Waals surface area contributed by atoms with E-state index >= 15 is 0 Å². The minimum Gasteiger partial charge on any atom is -0.482 e. The standard InChI is InChI=1S/C13H14N2O6S/c1-2-5-15(7-13(17)18)22(19,20)9-3-4-11-10(6-9)14-12(16)8-21-11/h2-4,6H,1,5,7-8H2,(H,14,16)(H,17,18). The van der Waals surface area contributed by atoms with Crippen LogP contribution < -0.4 is 10.1 Å². The Morgan fingerprint density at radius 3 is 2.86 bits per heavy atom. The van der Waals surface area contributed by atoms with Crippen LogP contribution in [0.5, 0.6) is 5.75 Å². The molecular weight excluding hydrogens is 312 g/mol. The molecule has 0 bridgehead atoms. The number of ether oxygens (including phenoxy) is 1. The molecule has 8 nitrogen and oxygen atoms in total. The molecular formula is C13H14N2O6S. The van der Waals surface area contributed by atoms with Crippen LogP contribution in [0.3, 0.4) is 0 Å². The van der Waals surface area contributed by atoms with Gasteiger partial charge in [-0.2, -0.15) is 4.31 Å². The third kappa shape index (κ3) is 3.26. The molecule has 1 aliphatic heterocycles. The molecule has 1 amide bonds. The summed E-state index contributed by atoms with van der Waals surface area (Å²) in [6.07, 6.45) is 1.30. The number of sulfonamides is 1. The van der Waals surface area contributed by atoms with Gasteiger partial charge in [-0.3, -0.25) is 9.59 Å². The molecule has 0 aromatic heterocycles. The van der Waals surface area contributed by atoms with Crippen LogP contribution in [-0.4, -0.2) is 49.4 Å². The number of anilines is 1. The summed E-state index contributed by atoms with van der Waals surface area (Å²) in [5, 5.41) is 11.3. The Labute approximate surface area is 127 Å². The normalized spacial score (nSPS) is 14.0. The van der Waals surface area contributed by atoms with Gasteiger partial charge in [-0.25, -0.2) is 8.42 Å². The number of hydrogen-bond donors (Lipinski definition) is 2. The van der Waals surface area contributed by atoms with E-state index in [1.165, 1.54) is 24.3 Å². The Morgan fingerprint density at radius 1 is 1.50 bits per heavy atom. The molecule has 0 unspecified atom stereocenters. The smallest absolute Gasteiger partial charge is 0.318 e. The van der Waals surface area contributed by atoms with Crippen LogP contribution in [0.2, 0.25) is 0 Å². The Balaban J connectivity index is 2.39. The number of benzene rings is 1. The highest BCUT2D eigenvalue weighted by Gasteiger charge is 2.27. The van der Waals surface area contributed by atoms with Gasteiger partial charge in [0.15, 0.2) is 6.61 Å². The predicted molar refractivity (Wildman–Crippen MR) is 77.2 cm³/mol. The molecule has 2 rings (SSSR count). The van der Waals surface area contributed by atoms with Gasteiger partial charge in [0.1, 0.15) is 12.3 Å². The van der Waals surface area contributed by atoms with Crippen molar-refractivity contribution in [3.8, 4) is 5.75 Å². The largest absolute Gasteiger partial charge is 0.482 e. The van der Waals surface area contributed by atoms with E-state index in [0.717, 1.165) is 4.31 Å². The van der Waals surface area contributed by atoms with Gasteiger partial charge < -0.3 is 15.2 Å². The molecule has 0 fully saturated rings. The fraction of sp³-hybridized carbons (Fsp3) is 0.231. The molecule has 9 heteroatoms. The lowest BCUT2D eigenvalue weighted by Gasteiger charge is -2.21. The van der Waals surface area contributed by atoms with Gasteiger partial charge in [-0.1, -0.05) is 6.08 Å². The van der Waals surface area contributed by atoms with Gasteiger partial charge in [-0.05, 0) is 18.2 Å². The van der Waals surface area contributed by atoms with Gasteiger partial charge in [0.2, 0.25) is 10.0 Å². The Morgan fingerprint density at radius 2 is 2.23 bits per heavy atom. The van der Waals surface area contributed by atoms with Gasteiger partial charge in [0.05, 0.1) is 10.6 Å². The number of carbonyl (C=O) groups is 2. The quantitative estimate of drug-likeness (QED) is 0.726. The van der Waals surface area contributed by atoms with Gasteiger partial charge in [0.25, 0.3) is 5.91 Å². The van der Waals surface area contributed by atoms with Crippen molar-refractivity contribution in [1.82, 2.24) is 4.31 Å². The fourth-order valence-corrected chi connectivity index (χ4v) is 3.30. The molecule has 0 spiro atoms. The maximum atomic E-state index is 12.5. The molecule has 0 radical (unpaired) electrons. The van der Waals surface area contributed by atoms with E-state index in [1.54, 1.807) is 0 Å². The maximum Gasteiger partial charge on any atom is 0.318 e. The first kappa shape index (κ1) is 16.0. The highest BCUT2D eigenvalue weighted by Crippen LogP contribution is 2.31. The Bertz CT molecular complexity index is 728. The molecule has 2 N–H and O–H groups in total. The van der Waals surface area contributed by atoms with Crippen molar-refractivity contribution in [3.63, 3.8) is 0 Å². The second kappa shape index (κ2) is 6.16. The van der Waals surface area contributed by atoms with E-state index in [1.807, 2.05) is 0 Å². The zero-order valence-electron chi connectivity index (χ0n) is 11.5. The molecule has 118 valence electrons. The number of fused-ring (bicyclic) bond motifs is 1. The van der Waals surface area contributed by atoms with Crippen molar-refractivity contribution < 1.29 is 27.9 Å². The average Bonchev–Trinajstić information content (AvgIpc) is 2.45. The molecule has 0 atom stereocenters. The monoisotopic (exact) mass is 326 g/mol. The van der Waals surface area contributed by atoms with Gasteiger partial charge in [0, 0.05) is 6.54 Å². The van der Waals surface area contributed by atoms with Gasteiger partial charge >= 0.3 is 5.97 Å². The first-order valence-electron chi connectivity index (χ1n) is 6.24. The lowest BCUT2D eigenvalue weighted by Crippen LogP contribution is -2.36. The van der Waals surface area contributed by atoms with Crippen LogP contribution in [0.25, 0.3) is 0 Å². The molecule has 0 aliphatic carbocycles. The van der Waals surface area contributed by atoms with Crippen molar-refractivity contribution in [2.75, 3.05) is 25.0 Å². The maximum absolute atomic E-state index is 12.5. The minimum absolute atomic E-state index is 0.138. The molecule has 1 aliphatic rings. The summed E-state index contributed by atoms with van der Waals surface area (Å²) in [7, 11) is -4.03. The molecule has 1 heterocycles. The number of carboxylic acids is 1. The molecule has 22 heavy (non-hydrogen) atoms. The Kier molecular flexibility index (Phi) is 4.48. The highest BCUT2D eigenvalue weighted by atomic mass is 32.2. The summed E-state index contributed by atoms with van der Waals surface area (Å²) in [5.41, 5.74) is 0.228. The third-order valence-electron chi connectivity index (χ3n) is 2.87. The van der Waals surface area contributed by atoms with Crippen LogP contribution >= 0.6 is 0 Å². The lowest BCUT2D eigenvalue weighted by atomic mass is 10.2. The fourth-order valence-electron chi connectivity index (χ4n) is 1.91. The van der Waals surface area contributed by atoms with Crippen LogP contribution in [0.15, 0.2) is 35.7 Å². The van der Waals surface area contributed by atoms with Crippen LogP contribution in [0.4, 0.5) is 5.69 Å². The van der Waals surface area contributed by atoms with Gasteiger partial charge in [-0.15, -0.1) is 6.58 Å². The predicted octanol–water partition coefficient (Wildman–Crippen LogP) is 0.279. The van der Waals surface area contributed by atoms with E-state index in [4.69, 9.17) is 9.84 Å². The topological polar surface area (TPSA) is 113 Å². The first-order chi connectivity index (χ1) is 10.3. The summed E-state index contributed by atoms with van der Waals surface area (Å²) >= 11 is 0. The van der Waals surface area contributed by atoms with Crippen molar-refractivity contribution in [2.45, 2.75) is 4.90 Å². The van der Waals surface area contributed by atoms with E-state index < -0.39 is 28.4 Å². The summed E-state index contributed by atoms with van der Waals surface area (Å²) in [6, 6.07) is 3.94. The van der Waals surface area contributed by atoms with Crippen LogP contribution in [0.1, 0.15) is 0 Å². The number of nitrogens with one attached hydrogen (secondary N) is 1. The number of amides is 1. The van der Waals surface area contributed by atoms with E-state index in [0.29, 0.717) is 5.75 Å².